The van der Waals surface area contributed by atoms with Crippen molar-refractivity contribution in [3.63, 3.8) is 0 Å². The second-order valence-corrected chi connectivity index (χ2v) is 11.9. The highest BCUT2D eigenvalue weighted by atomic mass is 32.2. The van der Waals surface area contributed by atoms with E-state index in [0.717, 1.165) is 37.2 Å². The molecule has 0 aliphatic carbocycles. The van der Waals surface area contributed by atoms with Gasteiger partial charge >= 0.3 is 0 Å². The van der Waals surface area contributed by atoms with E-state index in [4.69, 9.17) is 14.6 Å². The summed E-state index contributed by atoms with van der Waals surface area (Å²) in [6, 6.07) is 11.7. The van der Waals surface area contributed by atoms with Crippen molar-refractivity contribution in [1.29, 1.82) is 0 Å². The van der Waals surface area contributed by atoms with Crippen LogP contribution in [0.2, 0.25) is 0 Å². The molecule has 2 bridgehead atoms. The van der Waals surface area contributed by atoms with Crippen molar-refractivity contribution < 1.29 is 17.9 Å². The summed E-state index contributed by atoms with van der Waals surface area (Å²) in [7, 11) is 1.83. The molecule has 34 heavy (non-hydrogen) atoms. The fourth-order valence-corrected chi connectivity index (χ4v) is 7.45. The number of thiophene rings is 1. The van der Waals surface area contributed by atoms with Gasteiger partial charge in [0.1, 0.15) is 4.21 Å². The summed E-state index contributed by atoms with van der Waals surface area (Å²) in [6.07, 6.45) is 2.10. The number of ether oxygens (including phenoxy) is 2. The van der Waals surface area contributed by atoms with Crippen molar-refractivity contribution in [2.75, 3.05) is 33.9 Å². The van der Waals surface area contributed by atoms with Crippen LogP contribution in [0.1, 0.15) is 24.5 Å². The Morgan fingerprint density at radius 1 is 1.18 bits per heavy atom. The summed E-state index contributed by atoms with van der Waals surface area (Å²) in [5.41, 5.74) is 3.12. The molecule has 0 amide bonds. The number of aromatic nitrogens is 2. The van der Waals surface area contributed by atoms with Gasteiger partial charge in [0, 0.05) is 43.4 Å². The van der Waals surface area contributed by atoms with Gasteiger partial charge in [-0.15, -0.1) is 11.3 Å². The van der Waals surface area contributed by atoms with Crippen LogP contribution in [0, 0.1) is 5.92 Å². The van der Waals surface area contributed by atoms with Crippen molar-refractivity contribution in [2.45, 2.75) is 29.0 Å². The Bertz CT molecular complexity index is 1260. The molecule has 6 rings (SSSR count). The third-order valence-electron chi connectivity index (χ3n) is 7.12. The average Bonchev–Trinajstić information content (AvgIpc) is 3.53. The molecule has 3 fully saturated rings. The Hall–Kier alpha value is -2.40. The van der Waals surface area contributed by atoms with Crippen molar-refractivity contribution >= 4 is 21.4 Å². The van der Waals surface area contributed by atoms with Crippen LogP contribution >= 0.6 is 11.3 Å². The van der Waals surface area contributed by atoms with Gasteiger partial charge in [-0.2, -0.15) is 5.10 Å². The SMILES string of the molecule is COc1ccc(-c2cc(C3CN4CCC3CC4CNS(=O)(=O)c3cccs3)n(C)n2)cc1OC. The minimum atomic E-state index is -3.44. The molecule has 182 valence electrons. The van der Waals surface area contributed by atoms with Crippen LogP contribution in [0.25, 0.3) is 11.3 Å². The number of methoxy groups -OCH3 is 2. The zero-order valence-electron chi connectivity index (χ0n) is 19.6. The molecule has 3 saturated heterocycles. The minimum absolute atomic E-state index is 0.225. The van der Waals surface area contributed by atoms with Gasteiger partial charge in [-0.3, -0.25) is 9.58 Å². The molecule has 0 radical (unpaired) electrons. The van der Waals surface area contributed by atoms with Crippen LogP contribution in [-0.4, -0.2) is 63.0 Å². The van der Waals surface area contributed by atoms with Crippen LogP contribution in [-0.2, 0) is 17.1 Å². The monoisotopic (exact) mass is 502 g/mol. The van der Waals surface area contributed by atoms with Crippen LogP contribution < -0.4 is 14.2 Å². The third-order valence-corrected chi connectivity index (χ3v) is 9.94. The molecule has 8 nitrogen and oxygen atoms in total. The van der Waals surface area contributed by atoms with Gasteiger partial charge in [0.25, 0.3) is 0 Å². The summed E-state index contributed by atoms with van der Waals surface area (Å²) in [6.45, 7) is 2.37. The summed E-state index contributed by atoms with van der Waals surface area (Å²) >= 11 is 1.25. The Balaban J connectivity index is 1.30. The molecule has 5 heterocycles. The quantitative estimate of drug-likeness (QED) is 0.509. The number of nitrogens with zero attached hydrogens (tertiary/aromatic N) is 3. The van der Waals surface area contributed by atoms with E-state index in [9.17, 15) is 8.42 Å². The van der Waals surface area contributed by atoms with Gasteiger partial charge < -0.3 is 9.47 Å². The minimum Gasteiger partial charge on any atom is -0.493 e. The highest BCUT2D eigenvalue weighted by molar-refractivity contribution is 7.91. The second-order valence-electron chi connectivity index (χ2n) is 8.97. The number of fused-ring (bicyclic) bond motifs is 3. The number of benzene rings is 1. The van der Waals surface area contributed by atoms with Crippen molar-refractivity contribution in [2.24, 2.45) is 13.0 Å². The summed E-state index contributed by atoms with van der Waals surface area (Å²) in [5.74, 6) is 2.27. The lowest BCUT2D eigenvalue weighted by molar-refractivity contribution is 0.0306. The predicted octanol–water partition coefficient (Wildman–Crippen LogP) is 3.32. The molecule has 1 aromatic carbocycles. The molecule has 0 spiro atoms. The first-order valence-electron chi connectivity index (χ1n) is 11.4. The Morgan fingerprint density at radius 3 is 2.68 bits per heavy atom. The molecule has 4 unspecified atom stereocenters. The van der Waals surface area contributed by atoms with Gasteiger partial charge in [-0.05, 0) is 61.0 Å². The van der Waals surface area contributed by atoms with E-state index in [1.165, 1.54) is 17.0 Å². The maximum absolute atomic E-state index is 12.5. The molecular formula is C24H30N4O4S2. The third kappa shape index (κ3) is 4.35. The number of sulfonamides is 1. The number of hydrogen-bond donors (Lipinski definition) is 1. The lowest BCUT2D eigenvalue weighted by atomic mass is 9.74. The molecule has 3 aromatic rings. The van der Waals surface area contributed by atoms with Crippen LogP contribution in [0.4, 0.5) is 0 Å². The maximum atomic E-state index is 12.5. The average molecular weight is 503 g/mol. The lowest BCUT2D eigenvalue weighted by Crippen LogP contribution is -2.56. The lowest BCUT2D eigenvalue weighted by Gasteiger charge is -2.49. The standard InChI is InChI=1S/C24H30N4O4S2/c1-27-21(13-20(26-27)17-6-7-22(31-2)23(12-17)32-3)19-15-28-9-8-16(19)11-18(28)14-25-34(29,30)24-5-4-10-33-24/h4-7,10,12-13,16,18-19,25H,8-9,11,14-15H2,1-3H3. The first kappa shape index (κ1) is 23.3. The Morgan fingerprint density at radius 2 is 2.00 bits per heavy atom. The largest absolute Gasteiger partial charge is 0.493 e. The van der Waals surface area contributed by atoms with E-state index < -0.39 is 10.0 Å². The number of piperidine rings is 3. The van der Waals surface area contributed by atoms with E-state index in [2.05, 4.69) is 15.7 Å². The number of rotatable bonds is 8. The molecule has 1 N–H and O–H groups in total. The number of aryl methyl sites for hydroxylation is 1. The summed E-state index contributed by atoms with van der Waals surface area (Å²) < 4.78 is 41.1. The van der Waals surface area contributed by atoms with Gasteiger partial charge in [0.05, 0.1) is 19.9 Å². The summed E-state index contributed by atoms with van der Waals surface area (Å²) in [5, 5.41) is 6.59. The second kappa shape index (κ2) is 9.33. The highest BCUT2D eigenvalue weighted by Gasteiger charge is 2.42. The van der Waals surface area contributed by atoms with Crippen molar-refractivity contribution in [3.05, 3.63) is 47.5 Å². The normalized spacial score (nSPS) is 24.3. The highest BCUT2D eigenvalue weighted by Crippen LogP contribution is 2.42. The Kier molecular flexibility index (Phi) is 6.41. The fraction of sp³-hybridized carbons (Fsp3) is 0.458. The Labute approximate surface area is 204 Å². The van der Waals surface area contributed by atoms with Gasteiger partial charge in [0.2, 0.25) is 10.0 Å². The molecular weight excluding hydrogens is 472 g/mol. The van der Waals surface area contributed by atoms with E-state index in [0.29, 0.717) is 34.1 Å². The van der Waals surface area contributed by atoms with Gasteiger partial charge in [-0.1, -0.05) is 6.07 Å². The van der Waals surface area contributed by atoms with Gasteiger partial charge in [0.15, 0.2) is 11.5 Å². The smallest absolute Gasteiger partial charge is 0.250 e. The molecule has 3 aliphatic rings. The van der Waals surface area contributed by atoms with Crippen molar-refractivity contribution in [3.8, 4) is 22.8 Å². The first-order valence-corrected chi connectivity index (χ1v) is 13.8. The molecule has 3 aliphatic heterocycles. The van der Waals surface area contributed by atoms with Crippen molar-refractivity contribution in [1.82, 2.24) is 19.4 Å². The van der Waals surface area contributed by atoms with E-state index in [1.807, 2.05) is 29.9 Å². The predicted molar refractivity (Wildman–Crippen MR) is 132 cm³/mol. The first-order chi connectivity index (χ1) is 16.4. The van der Waals surface area contributed by atoms with E-state index in [1.54, 1.807) is 31.7 Å². The fourth-order valence-electron chi connectivity index (χ4n) is 5.34. The number of nitrogens with one attached hydrogen (secondary N) is 1. The van der Waals surface area contributed by atoms with Gasteiger partial charge in [-0.25, -0.2) is 13.1 Å². The van der Waals surface area contributed by atoms with Crippen LogP contribution in [0.5, 0.6) is 11.5 Å². The topological polar surface area (TPSA) is 85.7 Å². The van der Waals surface area contributed by atoms with E-state index >= 15 is 0 Å². The summed E-state index contributed by atoms with van der Waals surface area (Å²) in [4.78, 5) is 2.44. The molecule has 2 aromatic heterocycles. The maximum Gasteiger partial charge on any atom is 0.250 e. The van der Waals surface area contributed by atoms with Crippen LogP contribution in [0.15, 0.2) is 46.0 Å². The number of hydrogen-bond acceptors (Lipinski definition) is 7. The zero-order chi connectivity index (χ0) is 23.9. The zero-order valence-corrected chi connectivity index (χ0v) is 21.2. The molecule has 10 heteroatoms. The molecule has 0 saturated carbocycles. The molecule has 4 atom stereocenters. The van der Waals surface area contributed by atoms with Crippen LogP contribution in [0.3, 0.4) is 0 Å². The van der Waals surface area contributed by atoms with E-state index in [-0.39, 0.29) is 6.04 Å².